The van der Waals surface area contributed by atoms with Crippen LogP contribution >= 0.6 is 11.6 Å². The molecule has 2 nitrogen and oxygen atoms in total. The van der Waals surface area contributed by atoms with Gasteiger partial charge in [0.25, 0.3) is 0 Å². The van der Waals surface area contributed by atoms with E-state index in [9.17, 15) is 4.79 Å². The second kappa shape index (κ2) is 6.31. The average molecular weight is 302 g/mol. The zero-order chi connectivity index (χ0) is 15.5. The van der Waals surface area contributed by atoms with Gasteiger partial charge in [-0.15, -0.1) is 0 Å². The van der Waals surface area contributed by atoms with Gasteiger partial charge in [0.15, 0.2) is 0 Å². The molecule has 0 saturated heterocycles. The van der Waals surface area contributed by atoms with Crippen molar-refractivity contribution in [1.29, 1.82) is 0 Å². The molecule has 0 aliphatic heterocycles. The van der Waals surface area contributed by atoms with Crippen molar-refractivity contribution in [1.82, 2.24) is 0 Å². The van der Waals surface area contributed by atoms with E-state index >= 15 is 0 Å². The van der Waals surface area contributed by atoms with Crippen molar-refractivity contribution in [2.45, 2.75) is 32.6 Å². The number of rotatable bonds is 3. The molecule has 0 fully saturated rings. The second-order valence-electron chi connectivity index (χ2n) is 6.18. The number of carbonyl (C=O) groups is 1. The third-order valence-corrected chi connectivity index (χ3v) is 3.56. The van der Waals surface area contributed by atoms with Gasteiger partial charge in [-0.1, -0.05) is 56.6 Å². The van der Waals surface area contributed by atoms with Gasteiger partial charge in [0.1, 0.15) is 0 Å². The number of anilines is 1. The van der Waals surface area contributed by atoms with Crippen LogP contribution < -0.4 is 5.32 Å². The van der Waals surface area contributed by atoms with Crippen LogP contribution in [0.2, 0.25) is 5.02 Å². The van der Waals surface area contributed by atoms with Crippen molar-refractivity contribution in [3.05, 3.63) is 64.7 Å². The van der Waals surface area contributed by atoms with Crippen LogP contribution in [0.25, 0.3) is 0 Å². The molecule has 110 valence electrons. The number of halogens is 1. The molecule has 0 unspecified atom stereocenters. The highest BCUT2D eigenvalue weighted by molar-refractivity contribution is 6.30. The van der Waals surface area contributed by atoms with Gasteiger partial charge in [-0.3, -0.25) is 4.79 Å². The van der Waals surface area contributed by atoms with Gasteiger partial charge in [0.2, 0.25) is 5.91 Å². The maximum Gasteiger partial charge on any atom is 0.228 e. The maximum absolute atomic E-state index is 12.0. The summed E-state index contributed by atoms with van der Waals surface area (Å²) in [6.07, 6.45) is 0.345. The Labute approximate surface area is 131 Å². The molecule has 1 N–H and O–H groups in total. The highest BCUT2D eigenvalue weighted by Crippen LogP contribution is 2.23. The Morgan fingerprint density at radius 2 is 1.57 bits per heavy atom. The largest absolute Gasteiger partial charge is 0.326 e. The molecule has 0 bridgehead atoms. The molecule has 21 heavy (non-hydrogen) atoms. The van der Waals surface area contributed by atoms with Gasteiger partial charge in [-0.2, -0.15) is 0 Å². The lowest BCUT2D eigenvalue weighted by Crippen LogP contribution is -2.15. The van der Waals surface area contributed by atoms with Gasteiger partial charge in [0, 0.05) is 10.7 Å². The fraction of sp³-hybridized carbons (Fsp3) is 0.278. The minimum Gasteiger partial charge on any atom is -0.326 e. The van der Waals surface area contributed by atoms with E-state index in [2.05, 4.69) is 38.2 Å². The SMILES string of the molecule is CC(C)(C)c1ccc(NC(=O)Cc2ccc(Cl)cc2)cc1. The smallest absolute Gasteiger partial charge is 0.228 e. The molecule has 2 rings (SSSR count). The molecule has 0 aliphatic carbocycles. The summed E-state index contributed by atoms with van der Waals surface area (Å²) in [6, 6.07) is 15.3. The molecule has 3 heteroatoms. The highest BCUT2D eigenvalue weighted by Gasteiger charge is 2.13. The molecular weight excluding hydrogens is 282 g/mol. The molecule has 0 spiro atoms. The van der Waals surface area contributed by atoms with Gasteiger partial charge in [0.05, 0.1) is 6.42 Å². The Morgan fingerprint density at radius 1 is 1.00 bits per heavy atom. The van der Waals surface area contributed by atoms with E-state index in [1.165, 1.54) is 5.56 Å². The van der Waals surface area contributed by atoms with Gasteiger partial charge >= 0.3 is 0 Å². The standard InChI is InChI=1S/C18H20ClNO/c1-18(2,3)14-6-10-16(11-7-14)20-17(21)12-13-4-8-15(19)9-5-13/h4-11H,12H2,1-3H3,(H,20,21). The Morgan fingerprint density at radius 3 is 2.10 bits per heavy atom. The van der Waals surface area contributed by atoms with E-state index in [0.717, 1.165) is 11.3 Å². The Kier molecular flexibility index (Phi) is 4.69. The molecule has 0 heterocycles. The summed E-state index contributed by atoms with van der Waals surface area (Å²) < 4.78 is 0. The molecule has 0 aliphatic rings. The van der Waals surface area contributed by atoms with Crippen molar-refractivity contribution < 1.29 is 4.79 Å². The Balaban J connectivity index is 1.98. The van der Waals surface area contributed by atoms with Gasteiger partial charge < -0.3 is 5.32 Å². The van der Waals surface area contributed by atoms with Crippen molar-refractivity contribution in [2.75, 3.05) is 5.32 Å². The van der Waals surface area contributed by atoms with Crippen LogP contribution in [0.15, 0.2) is 48.5 Å². The zero-order valence-electron chi connectivity index (χ0n) is 12.6. The summed E-state index contributed by atoms with van der Waals surface area (Å²) in [5.74, 6) is -0.0270. The van der Waals surface area contributed by atoms with E-state index in [1.54, 1.807) is 12.1 Å². The summed E-state index contributed by atoms with van der Waals surface area (Å²) in [7, 11) is 0. The summed E-state index contributed by atoms with van der Waals surface area (Å²) >= 11 is 5.83. The van der Waals surface area contributed by atoms with Gasteiger partial charge in [-0.25, -0.2) is 0 Å². The van der Waals surface area contributed by atoms with Crippen LogP contribution in [0, 0.1) is 0 Å². The molecule has 2 aromatic carbocycles. The third kappa shape index (κ3) is 4.61. The number of nitrogens with one attached hydrogen (secondary N) is 1. The summed E-state index contributed by atoms with van der Waals surface area (Å²) in [5.41, 5.74) is 3.13. The van der Waals surface area contributed by atoms with Crippen LogP contribution in [-0.2, 0) is 16.6 Å². The quantitative estimate of drug-likeness (QED) is 0.865. The third-order valence-electron chi connectivity index (χ3n) is 3.31. The lowest BCUT2D eigenvalue weighted by Gasteiger charge is -2.19. The second-order valence-corrected chi connectivity index (χ2v) is 6.62. The molecular formula is C18H20ClNO. The van der Waals surface area contributed by atoms with Crippen molar-refractivity contribution in [3.8, 4) is 0 Å². The normalized spacial score (nSPS) is 11.2. The Bertz CT molecular complexity index is 609. The zero-order valence-corrected chi connectivity index (χ0v) is 13.4. The lowest BCUT2D eigenvalue weighted by molar-refractivity contribution is -0.115. The topological polar surface area (TPSA) is 29.1 Å². The summed E-state index contributed by atoms with van der Waals surface area (Å²) in [6.45, 7) is 6.50. The Hall–Kier alpha value is -1.80. The minimum absolute atomic E-state index is 0.0270. The van der Waals surface area contributed by atoms with Crippen molar-refractivity contribution in [3.63, 3.8) is 0 Å². The highest BCUT2D eigenvalue weighted by atomic mass is 35.5. The predicted molar refractivity (Wildman–Crippen MR) is 88.9 cm³/mol. The van der Waals surface area contributed by atoms with E-state index in [-0.39, 0.29) is 11.3 Å². The minimum atomic E-state index is -0.0270. The lowest BCUT2D eigenvalue weighted by atomic mass is 9.87. The number of carbonyl (C=O) groups excluding carboxylic acids is 1. The number of hydrogen-bond donors (Lipinski definition) is 1. The van der Waals surface area contributed by atoms with Crippen LogP contribution in [0.5, 0.6) is 0 Å². The van der Waals surface area contributed by atoms with Crippen LogP contribution in [-0.4, -0.2) is 5.91 Å². The predicted octanol–water partition coefficient (Wildman–Crippen LogP) is 4.82. The van der Waals surface area contributed by atoms with E-state index in [4.69, 9.17) is 11.6 Å². The van der Waals surface area contributed by atoms with Crippen LogP contribution in [0.4, 0.5) is 5.69 Å². The molecule has 2 aromatic rings. The first-order chi connectivity index (χ1) is 9.84. The van der Waals surface area contributed by atoms with E-state index < -0.39 is 0 Å². The van der Waals surface area contributed by atoms with E-state index in [1.807, 2.05) is 24.3 Å². The summed E-state index contributed by atoms with van der Waals surface area (Å²) in [5, 5.41) is 3.59. The fourth-order valence-corrected chi connectivity index (χ4v) is 2.17. The van der Waals surface area contributed by atoms with Crippen LogP contribution in [0.1, 0.15) is 31.9 Å². The van der Waals surface area contributed by atoms with Crippen molar-refractivity contribution >= 4 is 23.2 Å². The monoisotopic (exact) mass is 301 g/mol. The molecule has 0 radical (unpaired) electrons. The number of hydrogen-bond acceptors (Lipinski definition) is 1. The molecule has 0 saturated carbocycles. The average Bonchev–Trinajstić information content (AvgIpc) is 2.41. The first kappa shape index (κ1) is 15.6. The summed E-state index contributed by atoms with van der Waals surface area (Å²) in [4.78, 5) is 12.0. The first-order valence-electron chi connectivity index (χ1n) is 6.99. The van der Waals surface area contributed by atoms with Crippen molar-refractivity contribution in [2.24, 2.45) is 0 Å². The van der Waals surface area contributed by atoms with Gasteiger partial charge in [-0.05, 0) is 40.8 Å². The molecule has 0 aromatic heterocycles. The van der Waals surface area contributed by atoms with E-state index in [0.29, 0.717) is 11.4 Å². The first-order valence-corrected chi connectivity index (χ1v) is 7.37. The molecule has 1 amide bonds. The fourth-order valence-electron chi connectivity index (χ4n) is 2.05. The maximum atomic E-state index is 12.0. The molecule has 0 atom stereocenters. The number of benzene rings is 2. The number of amides is 1. The van der Waals surface area contributed by atoms with Crippen LogP contribution in [0.3, 0.4) is 0 Å².